The van der Waals surface area contributed by atoms with Gasteiger partial charge in [-0.1, -0.05) is 117 Å². The van der Waals surface area contributed by atoms with Crippen LogP contribution in [-0.4, -0.2) is 29.0 Å². The van der Waals surface area contributed by atoms with Gasteiger partial charge in [-0.3, -0.25) is 9.69 Å². The summed E-state index contributed by atoms with van der Waals surface area (Å²) in [4.78, 5) is 24.8. The molecule has 6 heteroatoms. The minimum atomic E-state index is -0.191. The van der Waals surface area contributed by atoms with Crippen LogP contribution in [0, 0.1) is 0 Å². The number of benzene rings is 3. The van der Waals surface area contributed by atoms with Gasteiger partial charge < -0.3 is 4.74 Å². The van der Waals surface area contributed by atoms with E-state index in [-0.39, 0.29) is 5.91 Å². The Balaban J connectivity index is 1.34. The van der Waals surface area contributed by atoms with Crippen molar-refractivity contribution in [1.29, 1.82) is 0 Å². The first-order valence-corrected chi connectivity index (χ1v) is 14.5. The summed E-state index contributed by atoms with van der Waals surface area (Å²) >= 11 is 6.54. The number of amides is 1. The monoisotopic (exact) mass is 551 g/mol. The maximum absolute atomic E-state index is 13.5. The van der Waals surface area contributed by atoms with Crippen molar-refractivity contribution in [3.63, 3.8) is 0 Å². The lowest BCUT2D eigenvalue weighted by atomic mass is 10.1. The van der Waals surface area contributed by atoms with Crippen molar-refractivity contribution in [3.05, 3.63) is 112 Å². The number of hydrogen-bond acceptors (Lipinski definition) is 4. The Labute approximate surface area is 241 Å². The molecule has 2 aliphatic rings. The lowest BCUT2D eigenvalue weighted by Crippen LogP contribution is -2.36. The Hall–Kier alpha value is -3.96. The number of nitrogens with zero attached hydrogens (tertiary/aromatic N) is 3. The van der Waals surface area contributed by atoms with E-state index >= 15 is 0 Å². The number of hydrogen-bond donors (Lipinski definition) is 0. The van der Waals surface area contributed by atoms with Gasteiger partial charge in [0.25, 0.3) is 5.91 Å². The van der Waals surface area contributed by atoms with Crippen molar-refractivity contribution in [1.82, 2.24) is 4.90 Å². The van der Waals surface area contributed by atoms with Gasteiger partial charge in [0.1, 0.15) is 11.4 Å². The molecule has 0 N–H and O–H groups in total. The molecule has 0 bridgehead atoms. The van der Waals surface area contributed by atoms with E-state index in [0.717, 1.165) is 40.9 Å². The summed E-state index contributed by atoms with van der Waals surface area (Å²) in [5, 5.41) is 0.522. The molecule has 0 aliphatic carbocycles. The van der Waals surface area contributed by atoms with Gasteiger partial charge in [0.15, 0.2) is 5.84 Å². The predicted octanol–water partition coefficient (Wildman–Crippen LogP) is 8.36. The summed E-state index contributed by atoms with van der Waals surface area (Å²) < 4.78 is 5.91. The Bertz CT molecular complexity index is 1460. The van der Waals surface area contributed by atoms with Crippen LogP contribution in [0.1, 0.15) is 62.1 Å². The van der Waals surface area contributed by atoms with Crippen molar-refractivity contribution >= 4 is 40.8 Å². The van der Waals surface area contributed by atoms with E-state index < -0.39 is 0 Å². The third kappa shape index (κ3) is 6.78. The Morgan fingerprint density at radius 3 is 2.35 bits per heavy atom. The molecule has 0 atom stereocenters. The molecular weight excluding hydrogens is 518 g/mol. The van der Waals surface area contributed by atoms with Gasteiger partial charge in [0.05, 0.1) is 23.0 Å². The molecule has 3 aromatic rings. The standard InChI is InChI=1S/C34H34ClN3O2/c1-2-3-4-5-6-13-20-40-32-19-18-26(21-28(32)35)23-30-34(39)38-24-31(27-16-11-8-12-17-27)36-29(33(38)37-30)22-25-14-9-7-10-15-25/h7-12,14-19,21,23-24H,2-6,13,20,22H2,1H3/b30-23-. The molecule has 2 aliphatic heterocycles. The zero-order valence-electron chi connectivity index (χ0n) is 22.9. The van der Waals surface area contributed by atoms with Crippen LogP contribution in [0.2, 0.25) is 5.02 Å². The van der Waals surface area contributed by atoms with E-state index in [0.29, 0.717) is 35.3 Å². The van der Waals surface area contributed by atoms with Crippen LogP contribution in [0.3, 0.4) is 0 Å². The lowest BCUT2D eigenvalue weighted by molar-refractivity contribution is -0.120. The Morgan fingerprint density at radius 2 is 1.60 bits per heavy atom. The number of amidine groups is 1. The van der Waals surface area contributed by atoms with Crippen molar-refractivity contribution in [2.45, 2.75) is 51.9 Å². The molecule has 5 rings (SSSR count). The highest BCUT2D eigenvalue weighted by molar-refractivity contribution is 6.48. The van der Waals surface area contributed by atoms with Crippen LogP contribution in [0.5, 0.6) is 5.75 Å². The fraction of sp³-hybridized carbons (Fsp3) is 0.265. The maximum Gasteiger partial charge on any atom is 0.282 e. The summed E-state index contributed by atoms with van der Waals surface area (Å²) in [5.74, 6) is 1.03. The number of ether oxygens (including phenoxy) is 1. The summed E-state index contributed by atoms with van der Waals surface area (Å²) in [7, 11) is 0. The average molecular weight is 552 g/mol. The van der Waals surface area contributed by atoms with E-state index in [9.17, 15) is 4.79 Å². The molecule has 1 amide bonds. The van der Waals surface area contributed by atoms with Gasteiger partial charge in [0, 0.05) is 18.2 Å². The second-order valence-electron chi connectivity index (χ2n) is 10.0. The first-order chi connectivity index (χ1) is 19.6. The summed E-state index contributed by atoms with van der Waals surface area (Å²) in [6, 6.07) is 25.6. The molecular formula is C34H34ClN3O2. The topological polar surface area (TPSA) is 54.3 Å². The van der Waals surface area contributed by atoms with E-state index in [2.05, 4.69) is 19.1 Å². The Kier molecular flexibility index (Phi) is 9.25. The van der Waals surface area contributed by atoms with E-state index in [1.807, 2.05) is 66.7 Å². The van der Waals surface area contributed by atoms with Crippen LogP contribution >= 0.6 is 11.6 Å². The van der Waals surface area contributed by atoms with Gasteiger partial charge in [-0.15, -0.1) is 0 Å². The number of halogens is 1. The number of unbranched alkanes of at least 4 members (excludes halogenated alkanes) is 5. The molecule has 204 valence electrons. The molecule has 2 heterocycles. The molecule has 0 radical (unpaired) electrons. The fourth-order valence-corrected chi connectivity index (χ4v) is 5.04. The minimum absolute atomic E-state index is 0.191. The first-order valence-electron chi connectivity index (χ1n) is 14.1. The number of aliphatic imine (C=N–C) groups is 2. The minimum Gasteiger partial charge on any atom is -0.492 e. The highest BCUT2D eigenvalue weighted by atomic mass is 35.5. The zero-order chi connectivity index (χ0) is 27.7. The van der Waals surface area contributed by atoms with Gasteiger partial charge in [-0.2, -0.15) is 0 Å². The Morgan fingerprint density at radius 1 is 0.875 bits per heavy atom. The van der Waals surface area contributed by atoms with Gasteiger partial charge in [-0.05, 0) is 35.8 Å². The number of fused-ring (bicyclic) bond motifs is 1. The molecule has 0 spiro atoms. The second-order valence-corrected chi connectivity index (χ2v) is 10.5. The van der Waals surface area contributed by atoms with E-state index in [1.54, 1.807) is 17.2 Å². The molecule has 5 nitrogen and oxygen atoms in total. The predicted molar refractivity (Wildman–Crippen MR) is 165 cm³/mol. The molecule has 0 aromatic heterocycles. The number of rotatable bonds is 12. The van der Waals surface area contributed by atoms with Crippen molar-refractivity contribution in [2.75, 3.05) is 6.61 Å². The quantitative estimate of drug-likeness (QED) is 0.168. The SMILES string of the molecule is CCCCCCCCOc1ccc(/C=C2\N=C3C(Cc4ccccc4)=NC(c4ccccc4)=CN3C2=O)cc1Cl. The summed E-state index contributed by atoms with van der Waals surface area (Å²) in [5.41, 5.74) is 4.67. The van der Waals surface area contributed by atoms with Crippen molar-refractivity contribution in [2.24, 2.45) is 9.98 Å². The van der Waals surface area contributed by atoms with Gasteiger partial charge >= 0.3 is 0 Å². The lowest BCUT2D eigenvalue weighted by Gasteiger charge is -2.21. The molecule has 40 heavy (non-hydrogen) atoms. The van der Waals surface area contributed by atoms with Crippen LogP contribution in [-0.2, 0) is 11.2 Å². The van der Waals surface area contributed by atoms with Gasteiger partial charge in [-0.25, -0.2) is 9.98 Å². The number of carbonyl (C=O) groups is 1. The summed E-state index contributed by atoms with van der Waals surface area (Å²) in [6.07, 6.45) is 11.4. The second kappa shape index (κ2) is 13.4. The summed E-state index contributed by atoms with van der Waals surface area (Å²) in [6.45, 7) is 2.87. The third-order valence-corrected chi connectivity index (χ3v) is 7.25. The van der Waals surface area contributed by atoms with Crippen molar-refractivity contribution in [3.8, 4) is 5.75 Å². The molecule has 3 aromatic carbocycles. The van der Waals surface area contributed by atoms with Crippen LogP contribution in [0.4, 0.5) is 0 Å². The third-order valence-electron chi connectivity index (χ3n) is 6.96. The van der Waals surface area contributed by atoms with E-state index in [4.69, 9.17) is 26.3 Å². The van der Waals surface area contributed by atoms with Crippen molar-refractivity contribution < 1.29 is 9.53 Å². The zero-order valence-corrected chi connectivity index (χ0v) is 23.6. The molecule has 0 saturated carbocycles. The smallest absolute Gasteiger partial charge is 0.282 e. The highest BCUT2D eigenvalue weighted by Gasteiger charge is 2.35. The molecule has 0 saturated heterocycles. The highest BCUT2D eigenvalue weighted by Crippen LogP contribution is 2.31. The molecule has 0 unspecified atom stereocenters. The van der Waals surface area contributed by atoms with Crippen LogP contribution in [0.15, 0.2) is 101 Å². The van der Waals surface area contributed by atoms with Crippen LogP contribution in [0.25, 0.3) is 11.8 Å². The first kappa shape index (κ1) is 27.6. The van der Waals surface area contributed by atoms with E-state index in [1.165, 1.54) is 25.7 Å². The number of carbonyl (C=O) groups excluding carboxylic acids is 1. The molecule has 0 fully saturated rings. The fourth-order valence-electron chi connectivity index (χ4n) is 4.80. The maximum atomic E-state index is 13.5. The average Bonchev–Trinajstić information content (AvgIpc) is 3.29. The van der Waals surface area contributed by atoms with Gasteiger partial charge in [0.2, 0.25) is 0 Å². The van der Waals surface area contributed by atoms with Crippen LogP contribution < -0.4 is 4.74 Å². The normalized spacial score (nSPS) is 15.6. The largest absolute Gasteiger partial charge is 0.492 e.